The maximum atomic E-state index is 14.4. The highest BCUT2D eigenvalue weighted by Crippen LogP contribution is 2.38. The lowest BCUT2D eigenvalue weighted by Gasteiger charge is -2.38. The maximum absolute atomic E-state index is 14.4. The molecular formula is C26H28F2N2O5. The van der Waals surface area contributed by atoms with Gasteiger partial charge in [-0.15, -0.1) is 0 Å². The van der Waals surface area contributed by atoms with Gasteiger partial charge in [0.1, 0.15) is 12.4 Å². The van der Waals surface area contributed by atoms with Crippen LogP contribution in [0.15, 0.2) is 41.2 Å². The summed E-state index contributed by atoms with van der Waals surface area (Å²) in [6.45, 7) is 3.80. The smallest absolute Gasteiger partial charge is 0.302 e. The molecular weight excluding hydrogens is 458 g/mol. The molecule has 3 aromatic rings. The number of methoxy groups -OCH3 is 1. The van der Waals surface area contributed by atoms with Gasteiger partial charge < -0.3 is 18.8 Å². The van der Waals surface area contributed by atoms with E-state index in [2.05, 4.69) is 4.90 Å². The van der Waals surface area contributed by atoms with Gasteiger partial charge in [0.25, 0.3) is 5.56 Å². The summed E-state index contributed by atoms with van der Waals surface area (Å²) >= 11 is 0. The minimum Gasteiger partial charge on any atom is -0.497 e. The van der Waals surface area contributed by atoms with E-state index in [1.165, 1.54) is 11.5 Å². The second-order valence-electron chi connectivity index (χ2n) is 8.61. The van der Waals surface area contributed by atoms with Crippen molar-refractivity contribution in [2.45, 2.75) is 39.1 Å². The van der Waals surface area contributed by atoms with Crippen molar-refractivity contribution in [2.75, 3.05) is 27.4 Å². The second kappa shape index (κ2) is 10.1. The predicted molar refractivity (Wildman–Crippen MR) is 126 cm³/mol. The number of pyridine rings is 1. The monoisotopic (exact) mass is 486 g/mol. The van der Waals surface area contributed by atoms with Gasteiger partial charge >= 0.3 is 5.97 Å². The van der Waals surface area contributed by atoms with Gasteiger partial charge in [-0.25, -0.2) is 8.78 Å². The number of carbonyl (C=O) groups is 1. The number of esters is 1. The molecule has 1 aliphatic rings. The lowest BCUT2D eigenvalue weighted by Crippen LogP contribution is -2.38. The van der Waals surface area contributed by atoms with Crippen molar-refractivity contribution >= 4 is 16.7 Å². The van der Waals surface area contributed by atoms with Crippen LogP contribution in [-0.2, 0) is 27.4 Å². The molecule has 0 saturated heterocycles. The Kier molecular flexibility index (Phi) is 7.18. The van der Waals surface area contributed by atoms with Crippen molar-refractivity contribution in [3.63, 3.8) is 0 Å². The normalized spacial score (nSPS) is 16.3. The molecule has 1 aromatic heterocycles. The van der Waals surface area contributed by atoms with Crippen molar-refractivity contribution in [3.05, 3.63) is 75.2 Å². The van der Waals surface area contributed by atoms with E-state index in [9.17, 15) is 18.4 Å². The summed E-state index contributed by atoms with van der Waals surface area (Å²) in [5.74, 6) is -1.84. The van der Waals surface area contributed by atoms with Crippen LogP contribution in [-0.4, -0.2) is 42.8 Å². The average molecular weight is 487 g/mol. The number of rotatable bonds is 7. The van der Waals surface area contributed by atoms with Crippen LogP contribution in [0.1, 0.15) is 42.8 Å². The Morgan fingerprint density at radius 2 is 1.86 bits per heavy atom. The molecule has 1 aliphatic heterocycles. The molecule has 2 atom stereocenters. The molecule has 9 heteroatoms. The average Bonchev–Trinajstić information content (AvgIpc) is 2.85. The number of nitrogens with zero attached hydrogens (tertiary/aromatic N) is 2. The number of hydrogen-bond acceptors (Lipinski definition) is 6. The Hall–Kier alpha value is -3.30. The fourth-order valence-electron chi connectivity index (χ4n) is 4.62. The fraction of sp³-hybridized carbons (Fsp3) is 0.385. The number of halogens is 2. The van der Waals surface area contributed by atoms with Crippen molar-refractivity contribution in [1.29, 1.82) is 0 Å². The van der Waals surface area contributed by atoms with Crippen molar-refractivity contribution in [3.8, 4) is 5.75 Å². The van der Waals surface area contributed by atoms with Gasteiger partial charge in [-0.05, 0) is 49.2 Å². The number of benzene rings is 2. The number of ether oxygens (including phenoxy) is 3. The molecule has 2 unspecified atom stereocenters. The standard InChI is InChI=1S/C26H28F2N2O5/c1-15(17-5-7-18(33-4)8-6-17)29(3)23-13-34-14-24-25(23)19-11-21(27)22(28)12-20(19)26(32)30(24)9-10-35-16(2)31/h5-8,11-12,15,23H,9-10,13-14H2,1-4H3. The summed E-state index contributed by atoms with van der Waals surface area (Å²) in [5.41, 5.74) is 1.81. The zero-order valence-electron chi connectivity index (χ0n) is 20.1. The van der Waals surface area contributed by atoms with Gasteiger partial charge in [0.05, 0.1) is 44.0 Å². The van der Waals surface area contributed by atoms with E-state index in [1.54, 1.807) is 7.11 Å². The Bertz CT molecular complexity index is 1310. The van der Waals surface area contributed by atoms with Gasteiger partial charge in [0, 0.05) is 18.5 Å². The van der Waals surface area contributed by atoms with E-state index < -0.39 is 23.2 Å². The molecule has 2 aromatic carbocycles. The zero-order chi connectivity index (χ0) is 25.3. The summed E-state index contributed by atoms with van der Waals surface area (Å²) in [6, 6.07) is 9.32. The van der Waals surface area contributed by atoms with Gasteiger partial charge in [-0.3, -0.25) is 14.5 Å². The van der Waals surface area contributed by atoms with Crippen LogP contribution in [0.4, 0.5) is 8.78 Å². The van der Waals surface area contributed by atoms with Crippen LogP contribution >= 0.6 is 0 Å². The molecule has 0 amide bonds. The molecule has 7 nitrogen and oxygen atoms in total. The molecule has 35 heavy (non-hydrogen) atoms. The van der Waals surface area contributed by atoms with Crippen LogP contribution in [0.5, 0.6) is 5.75 Å². The summed E-state index contributed by atoms with van der Waals surface area (Å²) in [6.07, 6.45) is 0. The van der Waals surface area contributed by atoms with E-state index in [4.69, 9.17) is 14.2 Å². The summed E-state index contributed by atoms with van der Waals surface area (Å²) < 4.78 is 46.2. The summed E-state index contributed by atoms with van der Waals surface area (Å²) in [5, 5.41) is 0.428. The van der Waals surface area contributed by atoms with E-state index in [-0.39, 0.29) is 37.2 Å². The zero-order valence-corrected chi connectivity index (χ0v) is 20.1. The largest absolute Gasteiger partial charge is 0.497 e. The first-order valence-electron chi connectivity index (χ1n) is 11.3. The minimum atomic E-state index is -1.09. The molecule has 2 heterocycles. The molecule has 0 bridgehead atoms. The van der Waals surface area contributed by atoms with Gasteiger partial charge in [-0.1, -0.05) is 12.1 Å². The number of carbonyl (C=O) groups excluding carboxylic acids is 1. The number of likely N-dealkylation sites (N-methyl/N-ethyl adjacent to an activating group) is 1. The Morgan fingerprint density at radius 1 is 1.20 bits per heavy atom. The van der Waals surface area contributed by atoms with Crippen molar-refractivity contribution in [1.82, 2.24) is 9.47 Å². The maximum Gasteiger partial charge on any atom is 0.302 e. The Labute approximate surface area is 201 Å². The predicted octanol–water partition coefficient (Wildman–Crippen LogP) is 4.12. The first-order valence-corrected chi connectivity index (χ1v) is 11.3. The van der Waals surface area contributed by atoms with Crippen LogP contribution < -0.4 is 10.3 Å². The number of fused-ring (bicyclic) bond motifs is 3. The molecule has 0 N–H and O–H groups in total. The third-order valence-electron chi connectivity index (χ3n) is 6.63. The van der Waals surface area contributed by atoms with E-state index >= 15 is 0 Å². The third-order valence-corrected chi connectivity index (χ3v) is 6.63. The molecule has 186 valence electrons. The topological polar surface area (TPSA) is 70.0 Å². The molecule has 4 rings (SSSR count). The molecule has 0 radical (unpaired) electrons. The third kappa shape index (κ3) is 4.78. The highest BCUT2D eigenvalue weighted by molar-refractivity contribution is 5.86. The molecule has 0 aliphatic carbocycles. The first kappa shape index (κ1) is 24.8. The Balaban J connectivity index is 1.84. The quantitative estimate of drug-likeness (QED) is 0.468. The summed E-state index contributed by atoms with van der Waals surface area (Å²) in [4.78, 5) is 26.6. The van der Waals surface area contributed by atoms with Crippen molar-refractivity contribution < 1.29 is 27.8 Å². The lowest BCUT2D eigenvalue weighted by molar-refractivity contribution is -0.141. The van der Waals surface area contributed by atoms with Gasteiger partial charge in [-0.2, -0.15) is 0 Å². The van der Waals surface area contributed by atoms with Crippen molar-refractivity contribution in [2.24, 2.45) is 0 Å². The molecule has 0 fully saturated rings. The highest BCUT2D eigenvalue weighted by atomic mass is 19.2. The van der Waals surface area contributed by atoms with E-state index in [0.717, 1.165) is 23.4 Å². The SMILES string of the molecule is COc1ccc(C(C)N(C)C2COCc3c2c2cc(F)c(F)cc2c(=O)n3CCOC(C)=O)cc1. The molecule has 0 spiro atoms. The van der Waals surface area contributed by atoms with E-state index in [1.807, 2.05) is 38.2 Å². The first-order chi connectivity index (χ1) is 16.7. The summed E-state index contributed by atoms with van der Waals surface area (Å²) in [7, 11) is 3.53. The van der Waals surface area contributed by atoms with Gasteiger partial charge in [0.15, 0.2) is 11.6 Å². The second-order valence-corrected chi connectivity index (χ2v) is 8.61. The highest BCUT2D eigenvalue weighted by Gasteiger charge is 2.33. The van der Waals surface area contributed by atoms with Crippen LogP contribution in [0.3, 0.4) is 0 Å². The number of hydrogen-bond donors (Lipinski definition) is 0. The van der Waals surface area contributed by atoms with Crippen LogP contribution in [0.2, 0.25) is 0 Å². The Morgan fingerprint density at radius 3 is 2.49 bits per heavy atom. The number of aromatic nitrogens is 1. The van der Waals surface area contributed by atoms with Crippen LogP contribution in [0, 0.1) is 11.6 Å². The molecule has 0 saturated carbocycles. The fourth-order valence-corrected chi connectivity index (χ4v) is 4.62. The van der Waals surface area contributed by atoms with Crippen LogP contribution in [0.25, 0.3) is 10.8 Å². The lowest BCUT2D eigenvalue weighted by atomic mass is 9.93. The van der Waals surface area contributed by atoms with E-state index in [0.29, 0.717) is 23.3 Å². The van der Waals surface area contributed by atoms with Gasteiger partial charge in [0.2, 0.25) is 0 Å². The minimum absolute atomic E-state index is 0.0282.